The highest BCUT2D eigenvalue weighted by molar-refractivity contribution is 5.78. The molecule has 0 radical (unpaired) electrons. The van der Waals surface area contributed by atoms with E-state index in [0.717, 1.165) is 37.2 Å². The third-order valence-electron chi connectivity index (χ3n) is 3.27. The van der Waals surface area contributed by atoms with Crippen LogP contribution < -0.4 is 15.4 Å². The van der Waals surface area contributed by atoms with Crippen LogP contribution in [0.4, 0.5) is 0 Å². The van der Waals surface area contributed by atoms with Crippen LogP contribution in [0.2, 0.25) is 0 Å². The monoisotopic (exact) mass is 248 g/mol. The van der Waals surface area contributed by atoms with Crippen molar-refractivity contribution >= 4 is 5.91 Å². The summed E-state index contributed by atoms with van der Waals surface area (Å²) in [4.78, 5) is 11.9. The minimum absolute atomic E-state index is 0.115. The van der Waals surface area contributed by atoms with E-state index in [9.17, 15) is 4.79 Å². The highest BCUT2D eigenvalue weighted by atomic mass is 16.5. The molecular weight excluding hydrogens is 228 g/mol. The molecule has 1 amide bonds. The van der Waals surface area contributed by atoms with Crippen molar-refractivity contribution in [1.82, 2.24) is 10.6 Å². The average Bonchev–Trinajstić information content (AvgIpc) is 2.46. The van der Waals surface area contributed by atoms with Gasteiger partial charge in [0, 0.05) is 13.1 Å². The number of methoxy groups -OCH3 is 1. The van der Waals surface area contributed by atoms with Gasteiger partial charge in [-0.3, -0.25) is 4.79 Å². The maximum Gasteiger partial charge on any atom is 0.224 e. The van der Waals surface area contributed by atoms with Crippen LogP contribution in [-0.4, -0.2) is 26.1 Å². The van der Waals surface area contributed by atoms with Gasteiger partial charge in [-0.1, -0.05) is 12.1 Å². The van der Waals surface area contributed by atoms with E-state index in [2.05, 4.69) is 10.6 Å². The third kappa shape index (κ3) is 3.47. The molecule has 98 valence electrons. The van der Waals surface area contributed by atoms with Crippen molar-refractivity contribution in [3.63, 3.8) is 0 Å². The number of hydrogen-bond acceptors (Lipinski definition) is 3. The molecule has 0 aliphatic carbocycles. The van der Waals surface area contributed by atoms with Crippen molar-refractivity contribution < 1.29 is 9.53 Å². The molecule has 18 heavy (non-hydrogen) atoms. The first-order valence-corrected chi connectivity index (χ1v) is 6.41. The van der Waals surface area contributed by atoms with Crippen LogP contribution in [0.25, 0.3) is 0 Å². The standard InChI is InChI=1S/C14H20N2O2/c1-18-13-6-2-4-11(8-13)9-16-14(17)12-5-3-7-15-10-12/h2,4,6,8,12,15H,3,5,7,9-10H2,1H3,(H,16,17)/t12-/m1/s1. The second-order valence-electron chi connectivity index (χ2n) is 4.61. The Balaban J connectivity index is 1.84. The summed E-state index contributed by atoms with van der Waals surface area (Å²) in [7, 11) is 1.64. The topological polar surface area (TPSA) is 50.4 Å². The largest absolute Gasteiger partial charge is 0.497 e. The number of hydrogen-bond donors (Lipinski definition) is 2. The smallest absolute Gasteiger partial charge is 0.224 e. The average molecular weight is 248 g/mol. The molecule has 1 aromatic carbocycles. The molecule has 0 aromatic heterocycles. The molecule has 4 heteroatoms. The lowest BCUT2D eigenvalue weighted by molar-refractivity contribution is -0.125. The van der Waals surface area contributed by atoms with E-state index in [1.165, 1.54) is 0 Å². The molecule has 0 bridgehead atoms. The van der Waals surface area contributed by atoms with Gasteiger partial charge in [-0.05, 0) is 37.1 Å². The third-order valence-corrected chi connectivity index (χ3v) is 3.27. The van der Waals surface area contributed by atoms with Gasteiger partial charge in [0.2, 0.25) is 5.91 Å². The minimum Gasteiger partial charge on any atom is -0.497 e. The van der Waals surface area contributed by atoms with E-state index in [-0.39, 0.29) is 11.8 Å². The van der Waals surface area contributed by atoms with Crippen molar-refractivity contribution in [2.24, 2.45) is 5.92 Å². The minimum atomic E-state index is 0.115. The fourth-order valence-electron chi connectivity index (χ4n) is 2.19. The Kier molecular flexibility index (Phi) is 4.59. The number of nitrogens with one attached hydrogen (secondary N) is 2. The van der Waals surface area contributed by atoms with Crippen LogP contribution in [0.1, 0.15) is 18.4 Å². The number of rotatable bonds is 4. The zero-order chi connectivity index (χ0) is 12.8. The lowest BCUT2D eigenvalue weighted by Crippen LogP contribution is -2.40. The summed E-state index contributed by atoms with van der Waals surface area (Å²) < 4.78 is 5.16. The number of amides is 1. The van der Waals surface area contributed by atoms with E-state index in [1.807, 2.05) is 24.3 Å². The van der Waals surface area contributed by atoms with Gasteiger partial charge in [0.1, 0.15) is 5.75 Å². The second-order valence-corrected chi connectivity index (χ2v) is 4.61. The van der Waals surface area contributed by atoms with Crippen molar-refractivity contribution in [3.8, 4) is 5.75 Å². The SMILES string of the molecule is COc1cccc(CNC(=O)[C@@H]2CCCNC2)c1. The number of carbonyl (C=O) groups is 1. The molecule has 1 heterocycles. The van der Waals surface area contributed by atoms with Gasteiger partial charge in [0.15, 0.2) is 0 Å². The van der Waals surface area contributed by atoms with Crippen molar-refractivity contribution in [2.45, 2.75) is 19.4 Å². The first kappa shape index (κ1) is 12.9. The summed E-state index contributed by atoms with van der Waals surface area (Å²) in [6.07, 6.45) is 2.06. The maximum absolute atomic E-state index is 11.9. The van der Waals surface area contributed by atoms with E-state index in [4.69, 9.17) is 4.74 Å². The Bertz CT molecular complexity index is 401. The molecule has 1 aliphatic heterocycles. The maximum atomic E-state index is 11.9. The van der Waals surface area contributed by atoms with Gasteiger partial charge in [-0.2, -0.15) is 0 Å². The van der Waals surface area contributed by atoms with E-state index in [1.54, 1.807) is 7.11 Å². The van der Waals surface area contributed by atoms with E-state index in [0.29, 0.717) is 6.54 Å². The Morgan fingerprint density at radius 3 is 3.17 bits per heavy atom. The summed E-state index contributed by atoms with van der Waals surface area (Å²) in [6.45, 7) is 2.39. The zero-order valence-corrected chi connectivity index (χ0v) is 10.7. The molecule has 1 aliphatic rings. The van der Waals surface area contributed by atoms with E-state index >= 15 is 0 Å². The fourth-order valence-corrected chi connectivity index (χ4v) is 2.19. The Morgan fingerprint density at radius 1 is 1.56 bits per heavy atom. The van der Waals surface area contributed by atoms with Crippen LogP contribution in [0.5, 0.6) is 5.75 Å². The molecule has 0 unspecified atom stereocenters. The molecule has 1 fully saturated rings. The number of piperidine rings is 1. The quantitative estimate of drug-likeness (QED) is 0.844. The van der Waals surface area contributed by atoms with Crippen molar-refractivity contribution in [3.05, 3.63) is 29.8 Å². The summed E-state index contributed by atoms with van der Waals surface area (Å²) in [6, 6.07) is 7.76. The Morgan fingerprint density at radius 2 is 2.44 bits per heavy atom. The molecule has 1 saturated heterocycles. The highest BCUT2D eigenvalue weighted by Crippen LogP contribution is 2.13. The molecule has 4 nitrogen and oxygen atoms in total. The summed E-state index contributed by atoms with van der Waals surface area (Å²) >= 11 is 0. The Hall–Kier alpha value is -1.55. The first-order valence-electron chi connectivity index (χ1n) is 6.41. The molecular formula is C14H20N2O2. The number of ether oxygens (including phenoxy) is 1. The van der Waals surface area contributed by atoms with Crippen LogP contribution in [0, 0.1) is 5.92 Å². The number of carbonyl (C=O) groups excluding carboxylic acids is 1. The predicted octanol–water partition coefficient (Wildman–Crippen LogP) is 1.31. The molecule has 0 spiro atoms. The van der Waals surface area contributed by atoms with Crippen LogP contribution in [0.15, 0.2) is 24.3 Å². The summed E-state index contributed by atoms with van der Waals surface area (Å²) in [5.41, 5.74) is 1.06. The van der Waals surface area contributed by atoms with Gasteiger partial charge < -0.3 is 15.4 Å². The molecule has 2 N–H and O–H groups in total. The fraction of sp³-hybridized carbons (Fsp3) is 0.500. The molecule has 2 rings (SSSR count). The van der Waals surface area contributed by atoms with Crippen molar-refractivity contribution in [1.29, 1.82) is 0 Å². The normalized spacial score (nSPS) is 19.3. The van der Waals surface area contributed by atoms with E-state index < -0.39 is 0 Å². The summed E-state index contributed by atoms with van der Waals surface area (Å²) in [5.74, 6) is 1.08. The predicted molar refractivity (Wildman–Crippen MR) is 70.4 cm³/mol. The van der Waals surface area contributed by atoms with Gasteiger partial charge in [-0.15, -0.1) is 0 Å². The lowest BCUT2D eigenvalue weighted by atomic mass is 9.99. The molecule has 0 saturated carbocycles. The molecule has 1 atom stereocenters. The Labute approximate surface area is 108 Å². The van der Waals surface area contributed by atoms with Gasteiger partial charge in [0.25, 0.3) is 0 Å². The van der Waals surface area contributed by atoms with Crippen molar-refractivity contribution in [2.75, 3.05) is 20.2 Å². The zero-order valence-electron chi connectivity index (χ0n) is 10.7. The first-order chi connectivity index (χ1) is 8.79. The second kappa shape index (κ2) is 6.40. The van der Waals surface area contributed by atoms with Crippen LogP contribution in [0.3, 0.4) is 0 Å². The van der Waals surface area contributed by atoms with Crippen LogP contribution >= 0.6 is 0 Å². The van der Waals surface area contributed by atoms with Gasteiger partial charge in [0.05, 0.1) is 13.0 Å². The van der Waals surface area contributed by atoms with Gasteiger partial charge in [-0.25, -0.2) is 0 Å². The van der Waals surface area contributed by atoms with Crippen LogP contribution in [-0.2, 0) is 11.3 Å². The van der Waals surface area contributed by atoms with Gasteiger partial charge >= 0.3 is 0 Å². The molecule has 1 aromatic rings. The number of benzene rings is 1. The highest BCUT2D eigenvalue weighted by Gasteiger charge is 2.20. The lowest BCUT2D eigenvalue weighted by Gasteiger charge is -2.21. The summed E-state index contributed by atoms with van der Waals surface area (Å²) in [5, 5.41) is 6.24.